The Bertz CT molecular complexity index is 1330. The Morgan fingerprint density at radius 1 is 1.13 bits per heavy atom. The highest BCUT2D eigenvalue weighted by Gasteiger charge is 2.38. The van der Waals surface area contributed by atoms with Gasteiger partial charge in [-0.15, -0.1) is 5.10 Å². The Morgan fingerprint density at radius 2 is 1.87 bits per heavy atom. The molecule has 1 aromatic carbocycles. The van der Waals surface area contributed by atoms with Crippen molar-refractivity contribution in [1.29, 1.82) is 0 Å². The Balaban J connectivity index is 1.33. The molecule has 0 spiro atoms. The normalized spacial score (nSPS) is 20.5. The second-order valence-electron chi connectivity index (χ2n) is 8.01. The van der Waals surface area contributed by atoms with Gasteiger partial charge < -0.3 is 9.30 Å². The van der Waals surface area contributed by atoms with E-state index in [0.717, 1.165) is 23.4 Å². The summed E-state index contributed by atoms with van der Waals surface area (Å²) in [5.41, 5.74) is 1.86. The third-order valence-corrected chi connectivity index (χ3v) is 6.26. The van der Waals surface area contributed by atoms with E-state index in [1.54, 1.807) is 25.4 Å². The largest absolute Gasteiger partial charge is 0.422 e. The third-order valence-electron chi connectivity index (χ3n) is 6.00. The fourth-order valence-corrected chi connectivity index (χ4v) is 4.35. The van der Waals surface area contributed by atoms with Gasteiger partial charge in [0.1, 0.15) is 12.1 Å². The Morgan fingerprint density at radius 3 is 2.61 bits per heavy atom. The molecule has 1 fully saturated rings. The average Bonchev–Trinajstić information content (AvgIpc) is 3.06. The molecular formula is C23H21ClN4O3. The number of pyridine rings is 1. The van der Waals surface area contributed by atoms with Gasteiger partial charge in [-0.25, -0.2) is 5.01 Å². The van der Waals surface area contributed by atoms with E-state index in [9.17, 15) is 9.59 Å². The van der Waals surface area contributed by atoms with Crippen LogP contribution in [0.4, 0.5) is 0 Å². The second-order valence-corrected chi connectivity index (χ2v) is 8.45. The highest BCUT2D eigenvalue weighted by atomic mass is 35.5. The summed E-state index contributed by atoms with van der Waals surface area (Å²) in [5.74, 6) is 1.33. The highest BCUT2D eigenvalue weighted by molar-refractivity contribution is 6.30. The van der Waals surface area contributed by atoms with Gasteiger partial charge in [0.05, 0.1) is 6.04 Å². The van der Waals surface area contributed by atoms with Crippen LogP contribution in [0.1, 0.15) is 29.9 Å². The number of hydrazone groups is 1. The van der Waals surface area contributed by atoms with Crippen LogP contribution in [-0.2, 0) is 11.3 Å². The van der Waals surface area contributed by atoms with Crippen molar-refractivity contribution in [3.05, 3.63) is 98.1 Å². The first-order valence-corrected chi connectivity index (χ1v) is 10.5. The Kier molecular flexibility index (Phi) is 4.70. The number of hydrogen-bond donors (Lipinski definition) is 0. The predicted octanol–water partition coefficient (Wildman–Crippen LogP) is 3.49. The summed E-state index contributed by atoms with van der Waals surface area (Å²) < 4.78 is 8.61. The molecule has 0 unspecified atom stereocenters. The smallest absolute Gasteiger partial charge is 0.275 e. The van der Waals surface area contributed by atoms with Crippen molar-refractivity contribution in [1.82, 2.24) is 14.0 Å². The van der Waals surface area contributed by atoms with Crippen LogP contribution in [0.15, 0.2) is 75.9 Å². The van der Waals surface area contributed by atoms with E-state index in [4.69, 9.17) is 16.3 Å². The molecule has 0 bridgehead atoms. The molecule has 0 saturated heterocycles. The van der Waals surface area contributed by atoms with Crippen molar-refractivity contribution in [2.24, 2.45) is 5.10 Å². The van der Waals surface area contributed by atoms with Crippen LogP contribution in [0.5, 0.6) is 0 Å². The van der Waals surface area contributed by atoms with Crippen LogP contribution >= 0.6 is 11.6 Å². The molecule has 3 aromatic rings. The van der Waals surface area contributed by atoms with E-state index in [2.05, 4.69) is 23.8 Å². The van der Waals surface area contributed by atoms with Gasteiger partial charge in [-0.1, -0.05) is 29.8 Å². The van der Waals surface area contributed by atoms with E-state index in [1.165, 1.54) is 20.6 Å². The molecule has 0 N–H and O–H groups in total. The van der Waals surface area contributed by atoms with E-state index in [-0.39, 0.29) is 23.7 Å². The fraction of sp³-hybridized carbons (Fsp3) is 0.261. The molecule has 1 aliphatic heterocycles. The van der Waals surface area contributed by atoms with Gasteiger partial charge in [0.15, 0.2) is 0 Å². The summed E-state index contributed by atoms with van der Waals surface area (Å²) in [4.78, 5) is 25.0. The zero-order valence-corrected chi connectivity index (χ0v) is 17.7. The first-order valence-electron chi connectivity index (χ1n) is 10.1. The van der Waals surface area contributed by atoms with Crippen LogP contribution in [0, 0.1) is 6.92 Å². The van der Waals surface area contributed by atoms with Crippen LogP contribution in [-0.4, -0.2) is 25.9 Å². The van der Waals surface area contributed by atoms with Crippen molar-refractivity contribution in [3.63, 3.8) is 0 Å². The molecule has 1 saturated carbocycles. The molecule has 3 heterocycles. The lowest BCUT2D eigenvalue weighted by Gasteiger charge is -2.39. The Hall–Kier alpha value is -3.32. The SMILES string of the molecule is C=C1OC(Cn2ccn3c(=O)ccc(C)c3c2=O)=NN1C1CC(c2ccc(Cl)cc2)C1. The predicted molar refractivity (Wildman–Crippen MR) is 119 cm³/mol. The lowest BCUT2D eigenvalue weighted by atomic mass is 9.75. The average molecular weight is 437 g/mol. The maximum absolute atomic E-state index is 12.9. The molecule has 8 heteroatoms. The monoisotopic (exact) mass is 436 g/mol. The van der Waals surface area contributed by atoms with Gasteiger partial charge >= 0.3 is 0 Å². The van der Waals surface area contributed by atoms with E-state index < -0.39 is 0 Å². The maximum atomic E-state index is 12.9. The lowest BCUT2D eigenvalue weighted by molar-refractivity contribution is 0.123. The highest BCUT2D eigenvalue weighted by Crippen LogP contribution is 2.42. The van der Waals surface area contributed by atoms with Gasteiger partial charge in [0.25, 0.3) is 11.1 Å². The molecule has 2 aromatic heterocycles. The third kappa shape index (κ3) is 3.45. The zero-order chi connectivity index (χ0) is 21.7. The number of halogens is 1. The summed E-state index contributed by atoms with van der Waals surface area (Å²) in [5, 5.41) is 7.11. The number of rotatable bonds is 4. The molecule has 0 atom stereocenters. The summed E-state index contributed by atoms with van der Waals surface area (Å²) >= 11 is 5.98. The second kappa shape index (κ2) is 7.42. The van der Waals surface area contributed by atoms with Gasteiger partial charge in [0.2, 0.25) is 11.8 Å². The molecule has 0 amide bonds. The fourth-order valence-electron chi connectivity index (χ4n) is 4.22. The van der Waals surface area contributed by atoms with Gasteiger partial charge in [-0.05, 0) is 55.5 Å². The summed E-state index contributed by atoms with van der Waals surface area (Å²) in [7, 11) is 0. The van der Waals surface area contributed by atoms with Gasteiger partial charge in [-0.3, -0.25) is 14.0 Å². The number of ether oxygens (including phenoxy) is 1. The van der Waals surface area contributed by atoms with Crippen molar-refractivity contribution in [2.45, 2.75) is 38.3 Å². The van der Waals surface area contributed by atoms with Gasteiger partial charge in [0, 0.05) is 23.5 Å². The molecular weight excluding hydrogens is 416 g/mol. The summed E-state index contributed by atoms with van der Waals surface area (Å²) in [6.45, 7) is 5.95. The minimum atomic E-state index is -0.264. The number of fused-ring (bicyclic) bond motifs is 1. The van der Waals surface area contributed by atoms with Crippen LogP contribution < -0.4 is 11.1 Å². The van der Waals surface area contributed by atoms with Crippen LogP contribution in [0.25, 0.3) is 5.52 Å². The first kappa shape index (κ1) is 19.6. The standard InChI is InChI=1S/C23H21ClN4O3/c1-14-3-8-21(29)27-10-9-26(23(30)22(14)27)13-20-25-28(15(2)31-20)19-11-17(12-19)16-4-6-18(24)7-5-16/h3-10,17,19H,2,11-13H2,1H3. The zero-order valence-electron chi connectivity index (χ0n) is 17.0. The summed E-state index contributed by atoms with van der Waals surface area (Å²) in [6.07, 6.45) is 5.06. The van der Waals surface area contributed by atoms with Crippen molar-refractivity contribution < 1.29 is 4.74 Å². The first-order chi connectivity index (χ1) is 14.9. The topological polar surface area (TPSA) is 68.3 Å². The van der Waals surface area contributed by atoms with Gasteiger partial charge in [-0.2, -0.15) is 0 Å². The molecule has 7 nitrogen and oxygen atoms in total. The number of aryl methyl sites for hydroxylation is 1. The van der Waals surface area contributed by atoms with Crippen LogP contribution in [0.2, 0.25) is 5.02 Å². The lowest BCUT2D eigenvalue weighted by Crippen LogP contribution is -2.39. The Labute approximate surface area is 183 Å². The van der Waals surface area contributed by atoms with Crippen LogP contribution in [0.3, 0.4) is 0 Å². The van der Waals surface area contributed by atoms with Crippen molar-refractivity contribution in [2.75, 3.05) is 0 Å². The molecule has 0 radical (unpaired) electrons. The molecule has 2 aliphatic rings. The number of hydrogen-bond acceptors (Lipinski definition) is 5. The van der Waals surface area contributed by atoms with E-state index in [0.29, 0.717) is 23.2 Å². The minimum absolute atomic E-state index is 0.167. The summed E-state index contributed by atoms with van der Waals surface area (Å²) in [6, 6.07) is 11.3. The quantitative estimate of drug-likeness (QED) is 0.628. The maximum Gasteiger partial charge on any atom is 0.275 e. The van der Waals surface area contributed by atoms with E-state index >= 15 is 0 Å². The number of aromatic nitrogens is 2. The van der Waals surface area contributed by atoms with E-state index in [1.807, 2.05) is 17.1 Å². The molecule has 158 valence electrons. The molecule has 5 rings (SSSR count). The number of nitrogens with zero attached hydrogens (tertiary/aromatic N) is 4. The molecule has 31 heavy (non-hydrogen) atoms. The van der Waals surface area contributed by atoms with Crippen molar-refractivity contribution in [3.8, 4) is 0 Å². The van der Waals surface area contributed by atoms with Crippen molar-refractivity contribution >= 4 is 23.0 Å². The molecule has 1 aliphatic carbocycles. The minimum Gasteiger partial charge on any atom is -0.422 e. The number of benzene rings is 1.